The Bertz CT molecular complexity index is 1110. The minimum absolute atomic E-state index is 0.153. The fraction of sp³-hybridized carbons (Fsp3) is 0.833. The summed E-state index contributed by atoms with van der Waals surface area (Å²) < 4.78 is 137. The molecule has 0 N–H and O–H groups in total. The third-order valence-corrected chi connectivity index (χ3v) is 9.99. The van der Waals surface area contributed by atoms with Crippen LogP contribution in [0.25, 0.3) is 0 Å². The van der Waals surface area contributed by atoms with Gasteiger partial charge in [0.05, 0.1) is 29.0 Å². The standard InChI is InChI=1S/C24H24ClF9N2O4/c1-3-11(26)10(25)19(34)20(12(3)27)36-23(39)7-9(24(36)40)18(33)16(31)5(14(7)29)4-13(28)6-8(17(32)15(4)30)22(38)35(2)21(6)37/h3-20H,1-2H3. The molecule has 3 aliphatic carbocycles. The number of nitrogens with zero attached hydrogens (tertiary/aromatic N) is 2. The van der Waals surface area contributed by atoms with Gasteiger partial charge in [-0.15, -0.1) is 11.6 Å². The van der Waals surface area contributed by atoms with Crippen LogP contribution in [-0.4, -0.2) is 107 Å². The van der Waals surface area contributed by atoms with E-state index in [0.29, 0.717) is 4.90 Å². The number of halogens is 10. The molecule has 40 heavy (non-hydrogen) atoms. The Morgan fingerprint density at radius 1 is 0.525 bits per heavy atom. The molecule has 0 bridgehead atoms. The van der Waals surface area contributed by atoms with Crippen LogP contribution in [0.4, 0.5) is 39.5 Å². The van der Waals surface area contributed by atoms with Gasteiger partial charge in [-0.1, -0.05) is 6.92 Å². The number of alkyl halides is 10. The van der Waals surface area contributed by atoms with Crippen LogP contribution in [0.3, 0.4) is 0 Å². The molecule has 18 unspecified atom stereocenters. The first kappa shape index (κ1) is 29.4. The number of imide groups is 2. The summed E-state index contributed by atoms with van der Waals surface area (Å²) in [5.41, 5.74) is 0. The molecule has 0 aromatic carbocycles. The van der Waals surface area contributed by atoms with Crippen molar-refractivity contribution < 1.29 is 58.7 Å². The molecule has 0 radical (unpaired) electrons. The maximum Gasteiger partial charge on any atom is 0.236 e. The molecular weight excluding hydrogens is 587 g/mol. The number of carbonyl (C=O) groups excluding carboxylic acids is 4. The smallest absolute Gasteiger partial charge is 0.236 e. The van der Waals surface area contributed by atoms with E-state index in [0.717, 1.165) is 14.0 Å². The first-order valence-electron chi connectivity index (χ1n) is 12.7. The zero-order chi connectivity index (χ0) is 29.9. The van der Waals surface area contributed by atoms with Crippen molar-refractivity contribution >= 4 is 35.2 Å². The summed E-state index contributed by atoms with van der Waals surface area (Å²) >= 11 is 5.68. The average Bonchev–Trinajstić information content (AvgIpc) is 3.30. The van der Waals surface area contributed by atoms with E-state index in [1.54, 1.807) is 0 Å². The quantitative estimate of drug-likeness (QED) is 0.274. The Kier molecular flexibility index (Phi) is 7.18. The van der Waals surface area contributed by atoms with Crippen LogP contribution in [0.15, 0.2) is 0 Å². The Hall–Kier alpha value is -2.06. The molecule has 6 nitrogen and oxygen atoms in total. The predicted octanol–water partition coefficient (Wildman–Crippen LogP) is 2.75. The van der Waals surface area contributed by atoms with E-state index in [2.05, 4.69) is 0 Å². The monoisotopic (exact) mass is 610 g/mol. The molecule has 2 heterocycles. The van der Waals surface area contributed by atoms with Gasteiger partial charge >= 0.3 is 0 Å². The number of hydrogen-bond acceptors (Lipinski definition) is 4. The van der Waals surface area contributed by atoms with Crippen LogP contribution in [0, 0.1) is 41.4 Å². The summed E-state index contributed by atoms with van der Waals surface area (Å²) in [6.45, 7) is 0.962. The Labute approximate surface area is 226 Å². The number of rotatable bonds is 2. The molecule has 0 spiro atoms. The lowest BCUT2D eigenvalue weighted by atomic mass is 9.60. The van der Waals surface area contributed by atoms with Crippen molar-refractivity contribution in [2.75, 3.05) is 7.05 Å². The maximum atomic E-state index is 16.0. The lowest BCUT2D eigenvalue weighted by Crippen LogP contribution is -2.62. The van der Waals surface area contributed by atoms with Gasteiger partial charge in [-0.25, -0.2) is 39.5 Å². The van der Waals surface area contributed by atoms with Crippen molar-refractivity contribution in [2.45, 2.75) is 73.9 Å². The van der Waals surface area contributed by atoms with Gasteiger partial charge in [0.2, 0.25) is 23.6 Å². The number of likely N-dealkylation sites (tertiary alicyclic amines) is 2. The van der Waals surface area contributed by atoms with E-state index in [1.807, 2.05) is 0 Å². The van der Waals surface area contributed by atoms with Crippen molar-refractivity contribution in [3.8, 4) is 0 Å². The lowest BCUT2D eigenvalue weighted by molar-refractivity contribution is -0.163. The zero-order valence-electron chi connectivity index (χ0n) is 20.7. The molecular formula is C24H24ClF9N2O4. The number of amides is 4. The summed E-state index contributed by atoms with van der Waals surface area (Å²) in [7, 11) is 0.875. The minimum atomic E-state index is -3.22. The Morgan fingerprint density at radius 2 is 0.900 bits per heavy atom. The van der Waals surface area contributed by atoms with Crippen molar-refractivity contribution in [1.82, 2.24) is 9.80 Å². The molecule has 5 fully saturated rings. The van der Waals surface area contributed by atoms with Crippen LogP contribution < -0.4 is 0 Å². The van der Waals surface area contributed by atoms with E-state index >= 15 is 30.7 Å². The average molecular weight is 611 g/mol. The molecule has 2 aliphatic heterocycles. The van der Waals surface area contributed by atoms with E-state index in [1.165, 1.54) is 0 Å². The SMILES string of the molecule is CC1C(F)C(Cl)C(F)C(N2C(=O)C3C(F)C(F)C(C4C(F)C(F)C5C(=O)N(C)C(=O)C5C4F)C(F)C3C2=O)C1F. The van der Waals surface area contributed by atoms with Crippen LogP contribution in [0.2, 0.25) is 0 Å². The summed E-state index contributed by atoms with van der Waals surface area (Å²) in [5, 5.41) is -2.06. The minimum Gasteiger partial charge on any atom is -0.285 e. The van der Waals surface area contributed by atoms with Crippen LogP contribution >= 0.6 is 11.6 Å². The molecule has 18 atom stereocenters. The summed E-state index contributed by atoms with van der Waals surface area (Å²) in [6.07, 6.45) is -25.9. The highest BCUT2D eigenvalue weighted by molar-refractivity contribution is 6.21. The van der Waals surface area contributed by atoms with Crippen LogP contribution in [-0.2, 0) is 19.2 Å². The van der Waals surface area contributed by atoms with Gasteiger partial charge in [0.15, 0.2) is 0 Å². The molecule has 2 saturated heterocycles. The third-order valence-electron chi connectivity index (χ3n) is 9.51. The molecule has 4 amide bonds. The van der Waals surface area contributed by atoms with Crippen LogP contribution in [0.1, 0.15) is 6.92 Å². The van der Waals surface area contributed by atoms with E-state index in [4.69, 9.17) is 11.6 Å². The second-order valence-electron chi connectivity index (χ2n) is 11.3. The van der Waals surface area contributed by atoms with Gasteiger partial charge in [-0.05, 0) is 0 Å². The van der Waals surface area contributed by atoms with Gasteiger partial charge < -0.3 is 0 Å². The summed E-state index contributed by atoms with van der Waals surface area (Å²) in [5.74, 6) is -22.4. The molecule has 0 aromatic heterocycles. The van der Waals surface area contributed by atoms with Gasteiger partial charge in [0, 0.05) is 24.8 Å². The van der Waals surface area contributed by atoms with Gasteiger partial charge in [-0.3, -0.25) is 29.0 Å². The molecule has 16 heteroatoms. The Morgan fingerprint density at radius 3 is 1.35 bits per heavy atom. The fourth-order valence-electron chi connectivity index (χ4n) is 7.33. The van der Waals surface area contributed by atoms with E-state index < -0.39 is 132 Å². The molecule has 5 aliphatic rings. The van der Waals surface area contributed by atoms with Gasteiger partial charge in [0.1, 0.15) is 61.6 Å². The maximum absolute atomic E-state index is 16.0. The second kappa shape index (κ2) is 9.75. The predicted molar refractivity (Wildman–Crippen MR) is 117 cm³/mol. The summed E-state index contributed by atoms with van der Waals surface area (Å²) in [6, 6.07) is -2.42. The summed E-state index contributed by atoms with van der Waals surface area (Å²) in [4.78, 5) is 51.0. The van der Waals surface area contributed by atoms with E-state index in [9.17, 15) is 28.0 Å². The number of hydrogen-bond donors (Lipinski definition) is 0. The normalized spacial score (nSPS) is 55.1. The largest absolute Gasteiger partial charge is 0.285 e. The van der Waals surface area contributed by atoms with Crippen molar-refractivity contribution in [3.63, 3.8) is 0 Å². The number of fused-ring (bicyclic) bond motifs is 2. The van der Waals surface area contributed by atoms with Gasteiger partial charge in [0.25, 0.3) is 0 Å². The lowest BCUT2D eigenvalue weighted by Gasteiger charge is -2.47. The first-order valence-corrected chi connectivity index (χ1v) is 13.1. The van der Waals surface area contributed by atoms with E-state index in [-0.39, 0.29) is 4.90 Å². The second-order valence-corrected chi connectivity index (χ2v) is 11.8. The highest BCUT2D eigenvalue weighted by Crippen LogP contribution is 2.55. The highest BCUT2D eigenvalue weighted by Gasteiger charge is 2.71. The highest BCUT2D eigenvalue weighted by atomic mass is 35.5. The third kappa shape index (κ3) is 3.63. The molecule has 5 rings (SSSR count). The fourth-order valence-corrected chi connectivity index (χ4v) is 7.71. The Balaban J connectivity index is 1.50. The molecule has 224 valence electrons. The molecule has 3 saturated carbocycles. The first-order chi connectivity index (χ1) is 18.6. The molecule has 0 aromatic rings. The van der Waals surface area contributed by atoms with Crippen LogP contribution in [0.5, 0.6) is 0 Å². The zero-order valence-corrected chi connectivity index (χ0v) is 21.5. The van der Waals surface area contributed by atoms with Crippen molar-refractivity contribution in [3.05, 3.63) is 0 Å². The van der Waals surface area contributed by atoms with Gasteiger partial charge in [-0.2, -0.15) is 0 Å². The van der Waals surface area contributed by atoms with Crippen molar-refractivity contribution in [2.24, 2.45) is 41.4 Å². The topological polar surface area (TPSA) is 74.8 Å². The number of carbonyl (C=O) groups is 4. The van der Waals surface area contributed by atoms with Crippen molar-refractivity contribution in [1.29, 1.82) is 0 Å².